The van der Waals surface area contributed by atoms with E-state index in [2.05, 4.69) is 56.6 Å². The quantitative estimate of drug-likeness (QED) is 0.808. The molecule has 1 aromatic carbocycles. The van der Waals surface area contributed by atoms with Crippen molar-refractivity contribution in [1.82, 2.24) is 5.32 Å². The molecule has 0 amide bonds. The van der Waals surface area contributed by atoms with Crippen LogP contribution < -0.4 is 5.32 Å². The Hall–Kier alpha value is -0.470. The van der Waals surface area contributed by atoms with Gasteiger partial charge in [-0.15, -0.1) is 0 Å². The highest BCUT2D eigenvalue weighted by atomic mass is 32.2. The molecule has 1 rings (SSSR count). The van der Waals surface area contributed by atoms with Crippen LogP contribution in [-0.2, 0) is 0 Å². The van der Waals surface area contributed by atoms with E-state index in [4.69, 9.17) is 0 Å². The molecule has 0 aromatic heterocycles. The first-order valence-electron chi connectivity index (χ1n) is 5.99. The van der Waals surface area contributed by atoms with Gasteiger partial charge in [-0.05, 0) is 32.1 Å². The minimum absolute atomic E-state index is 0.489. The van der Waals surface area contributed by atoms with E-state index in [0.717, 1.165) is 6.42 Å². The van der Waals surface area contributed by atoms with Crippen LogP contribution in [0.2, 0.25) is 0 Å². The third-order valence-electron chi connectivity index (χ3n) is 2.79. The SMILES string of the molecule is CCC(NC(C)CSC)c1ccc(C)cc1. The molecule has 0 saturated heterocycles. The van der Waals surface area contributed by atoms with Crippen molar-refractivity contribution in [2.45, 2.75) is 39.3 Å². The van der Waals surface area contributed by atoms with Crippen molar-refractivity contribution in [3.8, 4) is 0 Å². The number of benzene rings is 1. The molecule has 2 atom stereocenters. The van der Waals surface area contributed by atoms with Crippen LogP contribution in [-0.4, -0.2) is 18.1 Å². The molecule has 0 aliphatic carbocycles. The molecule has 0 bridgehead atoms. The Labute approximate surface area is 104 Å². The predicted octanol–water partition coefficient (Wildman–Crippen LogP) is 3.79. The third kappa shape index (κ3) is 4.18. The number of rotatable bonds is 6. The second-order valence-corrected chi connectivity index (χ2v) is 5.31. The number of aryl methyl sites for hydroxylation is 1. The Kier molecular flexibility index (Phi) is 5.93. The second kappa shape index (κ2) is 6.97. The fourth-order valence-electron chi connectivity index (χ4n) is 1.89. The van der Waals surface area contributed by atoms with Gasteiger partial charge in [-0.2, -0.15) is 11.8 Å². The summed E-state index contributed by atoms with van der Waals surface area (Å²) in [4.78, 5) is 0. The highest BCUT2D eigenvalue weighted by Crippen LogP contribution is 2.18. The smallest absolute Gasteiger partial charge is 0.0320 e. The summed E-state index contributed by atoms with van der Waals surface area (Å²) in [5.74, 6) is 1.17. The lowest BCUT2D eigenvalue weighted by molar-refractivity contribution is 0.470. The summed E-state index contributed by atoms with van der Waals surface area (Å²) in [5, 5.41) is 3.68. The zero-order chi connectivity index (χ0) is 12.0. The van der Waals surface area contributed by atoms with Gasteiger partial charge in [0.05, 0.1) is 0 Å². The van der Waals surface area contributed by atoms with Crippen LogP contribution in [0.3, 0.4) is 0 Å². The lowest BCUT2D eigenvalue weighted by Gasteiger charge is -2.22. The average molecular weight is 237 g/mol. The Balaban J connectivity index is 2.63. The fourth-order valence-corrected chi connectivity index (χ4v) is 2.49. The van der Waals surface area contributed by atoms with Crippen molar-refractivity contribution in [2.24, 2.45) is 0 Å². The molecule has 0 radical (unpaired) electrons. The zero-order valence-electron chi connectivity index (χ0n) is 10.8. The van der Waals surface area contributed by atoms with Gasteiger partial charge < -0.3 is 5.32 Å². The van der Waals surface area contributed by atoms with Gasteiger partial charge in [0, 0.05) is 17.8 Å². The van der Waals surface area contributed by atoms with Crippen molar-refractivity contribution in [2.75, 3.05) is 12.0 Å². The van der Waals surface area contributed by atoms with Gasteiger partial charge in [0.1, 0.15) is 0 Å². The molecule has 1 nitrogen and oxygen atoms in total. The highest BCUT2D eigenvalue weighted by Gasteiger charge is 2.11. The van der Waals surface area contributed by atoms with Gasteiger partial charge in [0.2, 0.25) is 0 Å². The van der Waals surface area contributed by atoms with Gasteiger partial charge in [0.25, 0.3) is 0 Å². The lowest BCUT2D eigenvalue weighted by Crippen LogP contribution is -2.32. The highest BCUT2D eigenvalue weighted by molar-refractivity contribution is 7.98. The van der Waals surface area contributed by atoms with Crippen LogP contribution in [0.4, 0.5) is 0 Å². The van der Waals surface area contributed by atoms with Crippen LogP contribution in [0.15, 0.2) is 24.3 Å². The first-order valence-corrected chi connectivity index (χ1v) is 7.38. The van der Waals surface area contributed by atoms with E-state index in [1.165, 1.54) is 16.9 Å². The molecule has 1 N–H and O–H groups in total. The molecule has 16 heavy (non-hydrogen) atoms. The molecule has 0 spiro atoms. The normalized spacial score (nSPS) is 14.8. The molecule has 1 aromatic rings. The number of hydrogen-bond donors (Lipinski definition) is 1. The Bertz CT molecular complexity index is 294. The molecule has 0 saturated carbocycles. The van der Waals surface area contributed by atoms with Crippen LogP contribution in [0.25, 0.3) is 0 Å². The first kappa shape index (κ1) is 13.6. The molecule has 0 aliphatic heterocycles. The summed E-state index contributed by atoms with van der Waals surface area (Å²) in [7, 11) is 0. The maximum atomic E-state index is 3.68. The van der Waals surface area contributed by atoms with Crippen molar-refractivity contribution in [3.63, 3.8) is 0 Å². The summed E-state index contributed by atoms with van der Waals surface area (Å²) in [6.45, 7) is 6.63. The third-order valence-corrected chi connectivity index (χ3v) is 3.62. The average Bonchev–Trinajstić information content (AvgIpc) is 2.27. The predicted molar refractivity (Wildman–Crippen MR) is 75.2 cm³/mol. The Morgan fingerprint density at radius 3 is 2.38 bits per heavy atom. The summed E-state index contributed by atoms with van der Waals surface area (Å²) < 4.78 is 0. The largest absolute Gasteiger partial charge is 0.307 e. The summed E-state index contributed by atoms with van der Waals surface area (Å²) in [6.07, 6.45) is 3.30. The van der Waals surface area contributed by atoms with E-state index in [1.807, 2.05) is 11.8 Å². The summed E-state index contributed by atoms with van der Waals surface area (Å²) in [5.41, 5.74) is 2.73. The van der Waals surface area contributed by atoms with Crippen molar-refractivity contribution in [1.29, 1.82) is 0 Å². The molecule has 90 valence electrons. The molecule has 2 unspecified atom stereocenters. The van der Waals surface area contributed by atoms with Gasteiger partial charge in [0.15, 0.2) is 0 Å². The van der Waals surface area contributed by atoms with Crippen LogP contribution in [0.5, 0.6) is 0 Å². The van der Waals surface area contributed by atoms with Crippen LogP contribution >= 0.6 is 11.8 Å². The van der Waals surface area contributed by atoms with Crippen molar-refractivity contribution < 1.29 is 0 Å². The minimum Gasteiger partial charge on any atom is -0.307 e. The van der Waals surface area contributed by atoms with Crippen LogP contribution in [0, 0.1) is 6.92 Å². The van der Waals surface area contributed by atoms with E-state index in [1.54, 1.807) is 0 Å². The Morgan fingerprint density at radius 1 is 1.25 bits per heavy atom. The molecular formula is C14H23NS. The van der Waals surface area contributed by atoms with Crippen molar-refractivity contribution >= 4 is 11.8 Å². The van der Waals surface area contributed by atoms with E-state index < -0.39 is 0 Å². The zero-order valence-corrected chi connectivity index (χ0v) is 11.6. The van der Waals surface area contributed by atoms with Crippen molar-refractivity contribution in [3.05, 3.63) is 35.4 Å². The second-order valence-electron chi connectivity index (χ2n) is 4.39. The lowest BCUT2D eigenvalue weighted by atomic mass is 10.0. The van der Waals surface area contributed by atoms with Gasteiger partial charge in [-0.3, -0.25) is 0 Å². The first-order chi connectivity index (χ1) is 7.67. The number of thioether (sulfide) groups is 1. The van der Waals surface area contributed by atoms with Gasteiger partial charge in [-0.25, -0.2) is 0 Å². The van der Waals surface area contributed by atoms with Gasteiger partial charge >= 0.3 is 0 Å². The summed E-state index contributed by atoms with van der Waals surface area (Å²) in [6, 6.07) is 9.92. The topological polar surface area (TPSA) is 12.0 Å². The van der Waals surface area contributed by atoms with E-state index in [-0.39, 0.29) is 0 Å². The molecule has 0 fully saturated rings. The fraction of sp³-hybridized carbons (Fsp3) is 0.571. The van der Waals surface area contributed by atoms with E-state index in [9.17, 15) is 0 Å². The summed E-state index contributed by atoms with van der Waals surface area (Å²) >= 11 is 1.90. The molecular weight excluding hydrogens is 214 g/mol. The number of hydrogen-bond acceptors (Lipinski definition) is 2. The van der Waals surface area contributed by atoms with E-state index in [0.29, 0.717) is 12.1 Å². The molecule has 0 aliphatic rings. The standard InChI is InChI=1S/C14H23NS/c1-5-14(15-12(3)10-16-4)13-8-6-11(2)7-9-13/h6-9,12,14-15H,5,10H2,1-4H3. The number of nitrogens with one attached hydrogen (secondary N) is 1. The molecule has 2 heteroatoms. The monoisotopic (exact) mass is 237 g/mol. The van der Waals surface area contributed by atoms with Gasteiger partial charge in [-0.1, -0.05) is 36.8 Å². The minimum atomic E-state index is 0.489. The van der Waals surface area contributed by atoms with Crippen LogP contribution in [0.1, 0.15) is 37.4 Å². The maximum Gasteiger partial charge on any atom is 0.0320 e. The molecule has 0 heterocycles. The maximum absolute atomic E-state index is 3.68. The van der Waals surface area contributed by atoms with E-state index >= 15 is 0 Å². The Morgan fingerprint density at radius 2 is 1.88 bits per heavy atom.